The fourth-order valence-electron chi connectivity index (χ4n) is 5.30. The molecule has 1 aliphatic carbocycles. The molecule has 0 bridgehead atoms. The number of benzene rings is 2. The van der Waals surface area contributed by atoms with Crippen LogP contribution >= 0.6 is 0 Å². The molecule has 2 amide bonds. The number of likely N-dealkylation sites (tertiary alicyclic amines) is 1. The second-order valence-corrected chi connectivity index (χ2v) is 10.6. The zero-order valence-corrected chi connectivity index (χ0v) is 20.0. The first-order valence-electron chi connectivity index (χ1n) is 12.1. The predicted octanol–water partition coefficient (Wildman–Crippen LogP) is 4.74. The van der Waals surface area contributed by atoms with Crippen LogP contribution in [-0.4, -0.2) is 52.3 Å². The Bertz CT molecular complexity index is 1000. The van der Waals surface area contributed by atoms with Crippen LogP contribution < -0.4 is 5.32 Å². The van der Waals surface area contributed by atoms with E-state index in [-0.39, 0.29) is 17.6 Å². The molecule has 6 heteroatoms. The Labute approximate surface area is 196 Å². The summed E-state index contributed by atoms with van der Waals surface area (Å²) in [5, 5.41) is 16.7. The van der Waals surface area contributed by atoms with Crippen molar-refractivity contribution in [2.75, 3.05) is 13.1 Å². The third kappa shape index (κ3) is 5.32. The topological polar surface area (TPSA) is 78.9 Å². The Morgan fingerprint density at radius 1 is 1.09 bits per heavy atom. The lowest BCUT2D eigenvalue weighted by atomic mass is 9.71. The van der Waals surface area contributed by atoms with E-state index in [1.165, 1.54) is 0 Å². The van der Waals surface area contributed by atoms with Gasteiger partial charge in [-0.2, -0.15) is 0 Å². The molecule has 0 radical (unpaired) electrons. The fraction of sp³-hybridized carbons (Fsp3) is 0.556. The Balaban J connectivity index is 1.59. The number of fused-ring (bicyclic) bond motifs is 1. The number of carbonyl (C=O) groups excluding carboxylic acids is 2. The van der Waals surface area contributed by atoms with E-state index in [4.69, 9.17) is 4.74 Å². The number of alkyl carbamates (subject to hydrolysis) is 1. The van der Waals surface area contributed by atoms with Crippen molar-refractivity contribution in [2.45, 2.75) is 82.5 Å². The lowest BCUT2D eigenvalue weighted by molar-refractivity contribution is -0.140. The molecule has 2 N–H and O–H groups in total. The SMILES string of the molecule is CC(C)(C)NC(=O)O[C@H]1CCN(C(=O)C(c2cccc3ccccc23)C2(O)CCCCC2)C1. The Morgan fingerprint density at radius 3 is 2.52 bits per heavy atom. The fourth-order valence-corrected chi connectivity index (χ4v) is 5.30. The van der Waals surface area contributed by atoms with Gasteiger partial charge in [-0.1, -0.05) is 61.7 Å². The third-order valence-corrected chi connectivity index (χ3v) is 6.85. The predicted molar refractivity (Wildman–Crippen MR) is 129 cm³/mol. The van der Waals surface area contributed by atoms with Gasteiger partial charge in [0.25, 0.3) is 0 Å². The average molecular weight is 453 g/mol. The summed E-state index contributed by atoms with van der Waals surface area (Å²) < 4.78 is 5.59. The van der Waals surface area contributed by atoms with Crippen molar-refractivity contribution >= 4 is 22.8 Å². The highest BCUT2D eigenvalue weighted by Gasteiger charge is 2.46. The zero-order valence-electron chi connectivity index (χ0n) is 20.0. The molecule has 2 atom stereocenters. The van der Waals surface area contributed by atoms with Crippen molar-refractivity contribution in [2.24, 2.45) is 0 Å². The van der Waals surface area contributed by atoms with Crippen LogP contribution in [0.25, 0.3) is 10.8 Å². The van der Waals surface area contributed by atoms with Crippen LogP contribution in [0.4, 0.5) is 4.79 Å². The molecule has 1 heterocycles. The molecule has 0 spiro atoms. The molecular formula is C27H36N2O4. The zero-order chi connectivity index (χ0) is 23.6. The minimum absolute atomic E-state index is 0.0712. The number of carbonyl (C=O) groups is 2. The molecule has 6 nitrogen and oxygen atoms in total. The van der Waals surface area contributed by atoms with E-state index in [1.807, 2.05) is 63.2 Å². The normalized spacial score (nSPS) is 21.6. The highest BCUT2D eigenvalue weighted by Crippen LogP contribution is 2.43. The Morgan fingerprint density at radius 2 is 1.79 bits per heavy atom. The van der Waals surface area contributed by atoms with Crippen molar-refractivity contribution in [3.63, 3.8) is 0 Å². The van der Waals surface area contributed by atoms with Gasteiger partial charge in [-0.15, -0.1) is 0 Å². The minimum Gasteiger partial charge on any atom is -0.444 e. The van der Waals surface area contributed by atoms with Gasteiger partial charge in [0.15, 0.2) is 0 Å². The summed E-state index contributed by atoms with van der Waals surface area (Å²) >= 11 is 0. The molecule has 2 aromatic carbocycles. The van der Waals surface area contributed by atoms with Gasteiger partial charge in [0.1, 0.15) is 6.10 Å². The Kier molecular flexibility index (Phi) is 6.66. The first-order chi connectivity index (χ1) is 15.7. The van der Waals surface area contributed by atoms with Crippen LogP contribution in [0.2, 0.25) is 0 Å². The lowest BCUT2D eigenvalue weighted by Crippen LogP contribution is -2.48. The van der Waals surface area contributed by atoms with E-state index in [9.17, 15) is 14.7 Å². The molecule has 2 aliphatic rings. The van der Waals surface area contributed by atoms with E-state index in [0.717, 1.165) is 35.6 Å². The second-order valence-electron chi connectivity index (χ2n) is 10.6. The summed E-state index contributed by atoms with van der Waals surface area (Å²) in [5.74, 6) is -0.705. The van der Waals surface area contributed by atoms with Crippen molar-refractivity contribution < 1.29 is 19.4 Å². The number of ether oxygens (including phenoxy) is 1. The summed E-state index contributed by atoms with van der Waals surface area (Å²) in [6.07, 6.45) is 3.96. The van der Waals surface area contributed by atoms with Gasteiger partial charge < -0.3 is 20.1 Å². The van der Waals surface area contributed by atoms with E-state index < -0.39 is 17.6 Å². The van der Waals surface area contributed by atoms with Gasteiger partial charge in [-0.25, -0.2) is 4.79 Å². The molecule has 1 saturated heterocycles. The van der Waals surface area contributed by atoms with Gasteiger partial charge in [-0.05, 0) is 49.9 Å². The molecule has 4 rings (SSSR count). The van der Waals surface area contributed by atoms with E-state index in [1.54, 1.807) is 4.90 Å². The highest BCUT2D eigenvalue weighted by atomic mass is 16.6. The average Bonchev–Trinajstić information content (AvgIpc) is 3.21. The first-order valence-corrected chi connectivity index (χ1v) is 12.1. The molecule has 0 aromatic heterocycles. The smallest absolute Gasteiger partial charge is 0.407 e. The summed E-state index contributed by atoms with van der Waals surface area (Å²) in [5.41, 5.74) is -0.561. The summed E-state index contributed by atoms with van der Waals surface area (Å²) in [6.45, 7) is 6.58. The number of aliphatic hydroxyl groups is 1. The van der Waals surface area contributed by atoms with Gasteiger partial charge in [0.2, 0.25) is 5.91 Å². The maximum Gasteiger partial charge on any atom is 0.407 e. The monoisotopic (exact) mass is 452 g/mol. The van der Waals surface area contributed by atoms with Crippen LogP contribution in [0.3, 0.4) is 0 Å². The van der Waals surface area contributed by atoms with E-state index >= 15 is 0 Å². The largest absolute Gasteiger partial charge is 0.444 e. The first kappa shape index (κ1) is 23.6. The second kappa shape index (κ2) is 9.34. The van der Waals surface area contributed by atoms with Crippen molar-refractivity contribution in [3.05, 3.63) is 48.0 Å². The van der Waals surface area contributed by atoms with Crippen LogP contribution in [0, 0.1) is 0 Å². The maximum atomic E-state index is 14.0. The molecule has 1 aliphatic heterocycles. The van der Waals surface area contributed by atoms with Gasteiger partial charge in [0, 0.05) is 18.5 Å². The molecule has 1 saturated carbocycles. The summed E-state index contributed by atoms with van der Waals surface area (Å²) in [4.78, 5) is 28.0. The van der Waals surface area contributed by atoms with Crippen LogP contribution in [0.15, 0.2) is 42.5 Å². The summed E-state index contributed by atoms with van der Waals surface area (Å²) in [7, 11) is 0. The van der Waals surface area contributed by atoms with Gasteiger partial charge in [-0.3, -0.25) is 4.79 Å². The van der Waals surface area contributed by atoms with E-state index in [0.29, 0.717) is 32.4 Å². The number of hydrogen-bond donors (Lipinski definition) is 2. The van der Waals surface area contributed by atoms with Crippen molar-refractivity contribution in [1.82, 2.24) is 10.2 Å². The molecule has 178 valence electrons. The number of hydrogen-bond acceptors (Lipinski definition) is 4. The van der Waals surface area contributed by atoms with Crippen molar-refractivity contribution in [3.8, 4) is 0 Å². The number of nitrogens with one attached hydrogen (secondary N) is 1. The van der Waals surface area contributed by atoms with Crippen LogP contribution in [0.5, 0.6) is 0 Å². The van der Waals surface area contributed by atoms with Crippen LogP contribution in [-0.2, 0) is 9.53 Å². The Hall–Kier alpha value is -2.60. The minimum atomic E-state index is -1.07. The number of rotatable bonds is 4. The summed E-state index contributed by atoms with van der Waals surface area (Å²) in [6, 6.07) is 14.0. The van der Waals surface area contributed by atoms with E-state index in [2.05, 4.69) is 5.32 Å². The maximum absolute atomic E-state index is 14.0. The highest BCUT2D eigenvalue weighted by molar-refractivity contribution is 5.94. The van der Waals surface area contributed by atoms with Crippen molar-refractivity contribution in [1.29, 1.82) is 0 Å². The standard InChI is InChI=1S/C27H36N2O4/c1-26(2,3)28-25(31)33-20-14-17-29(18-20)24(30)23(27(32)15-7-4-8-16-27)22-13-9-11-19-10-5-6-12-21(19)22/h5-6,9-13,20,23,32H,4,7-8,14-18H2,1-3H3,(H,28,31)/t20-,23?/m0/s1. The molecule has 2 fully saturated rings. The molecule has 33 heavy (non-hydrogen) atoms. The number of amides is 2. The van der Waals surface area contributed by atoms with Gasteiger partial charge >= 0.3 is 6.09 Å². The van der Waals surface area contributed by atoms with Gasteiger partial charge in [0.05, 0.1) is 18.1 Å². The lowest BCUT2D eigenvalue weighted by Gasteiger charge is -2.40. The third-order valence-electron chi connectivity index (χ3n) is 6.85. The molecule has 1 unspecified atom stereocenters. The molecular weight excluding hydrogens is 416 g/mol. The molecule has 2 aromatic rings. The van der Waals surface area contributed by atoms with Crippen LogP contribution in [0.1, 0.15) is 70.8 Å². The quantitative estimate of drug-likeness (QED) is 0.702. The number of nitrogens with zero attached hydrogens (tertiary/aromatic N) is 1.